The number of hydrogen-bond donors (Lipinski definition) is 3. The highest BCUT2D eigenvalue weighted by molar-refractivity contribution is 5.09. The van der Waals surface area contributed by atoms with E-state index in [0.29, 0.717) is 32.1 Å². The van der Waals surface area contributed by atoms with Gasteiger partial charge >= 0.3 is 12.4 Å². The summed E-state index contributed by atoms with van der Waals surface area (Å²) in [5.41, 5.74) is -8.00. The first-order valence-corrected chi connectivity index (χ1v) is 11.0. The van der Waals surface area contributed by atoms with Gasteiger partial charge < -0.3 is 15.3 Å². The second-order valence-corrected chi connectivity index (χ2v) is 11.1. The van der Waals surface area contributed by atoms with Crippen LogP contribution in [0.5, 0.6) is 0 Å². The smallest absolute Gasteiger partial charge is 0.393 e. The van der Waals surface area contributed by atoms with Gasteiger partial charge in [-0.15, -0.1) is 0 Å². The fourth-order valence-corrected chi connectivity index (χ4v) is 6.55. The molecule has 31 heavy (non-hydrogen) atoms. The Morgan fingerprint density at radius 3 is 1.90 bits per heavy atom. The predicted molar refractivity (Wildman–Crippen MR) is 104 cm³/mol. The first kappa shape index (κ1) is 26.7. The average molecular weight is 463 g/mol. The SMILES string of the molecule is CC(C)(O)CCC[C@](C)(CC(O)(C(F)(F)F)C(F)(F)F)[C@H]1CCC2[C@@H](O)CCC[C@@]21C. The van der Waals surface area contributed by atoms with E-state index in [2.05, 4.69) is 0 Å². The third kappa shape index (κ3) is 5.18. The van der Waals surface area contributed by atoms with Crippen molar-refractivity contribution in [3.63, 3.8) is 0 Å². The van der Waals surface area contributed by atoms with Gasteiger partial charge in [-0.25, -0.2) is 0 Å². The standard InChI is InChI=1S/C22H36F6O3/c1-17(2,30)10-6-11-18(3,13-20(31,21(23,24)25)22(26,27)28)16-9-8-14-15(29)7-5-12-19(14,16)4/h14-16,29-31H,5-13H2,1-4H3/t14?,15-,16+,18+,19-/m0/s1. The molecule has 9 heteroatoms. The Morgan fingerprint density at radius 1 is 0.871 bits per heavy atom. The molecule has 2 aliphatic rings. The molecule has 0 saturated heterocycles. The van der Waals surface area contributed by atoms with Gasteiger partial charge in [0.1, 0.15) is 0 Å². The molecular formula is C22H36F6O3. The lowest BCUT2D eigenvalue weighted by Gasteiger charge is -2.52. The summed E-state index contributed by atoms with van der Waals surface area (Å²) in [5, 5.41) is 30.5. The number of aliphatic hydroxyl groups is 3. The van der Waals surface area contributed by atoms with E-state index in [4.69, 9.17) is 0 Å². The van der Waals surface area contributed by atoms with Crippen molar-refractivity contribution >= 4 is 0 Å². The summed E-state index contributed by atoms with van der Waals surface area (Å²) in [7, 11) is 0. The molecule has 0 aliphatic heterocycles. The van der Waals surface area contributed by atoms with Gasteiger partial charge in [0.25, 0.3) is 5.60 Å². The van der Waals surface area contributed by atoms with Gasteiger partial charge in [0.2, 0.25) is 0 Å². The zero-order chi connectivity index (χ0) is 24.1. The summed E-state index contributed by atoms with van der Waals surface area (Å²) in [5.74, 6) is -0.692. The molecule has 5 atom stereocenters. The topological polar surface area (TPSA) is 60.7 Å². The summed E-state index contributed by atoms with van der Waals surface area (Å²) >= 11 is 0. The van der Waals surface area contributed by atoms with E-state index in [0.717, 1.165) is 0 Å². The molecule has 0 bridgehead atoms. The lowest BCUT2D eigenvalue weighted by Crippen LogP contribution is -2.60. The van der Waals surface area contributed by atoms with Crippen molar-refractivity contribution in [1.82, 2.24) is 0 Å². The molecule has 0 radical (unpaired) electrons. The van der Waals surface area contributed by atoms with Crippen LogP contribution in [0.4, 0.5) is 26.3 Å². The zero-order valence-electron chi connectivity index (χ0n) is 18.7. The molecule has 3 nitrogen and oxygen atoms in total. The van der Waals surface area contributed by atoms with E-state index >= 15 is 0 Å². The number of aliphatic hydroxyl groups excluding tert-OH is 1. The number of alkyl halides is 6. The van der Waals surface area contributed by atoms with Gasteiger partial charge in [-0.3, -0.25) is 0 Å². The van der Waals surface area contributed by atoms with Crippen molar-refractivity contribution in [3.05, 3.63) is 0 Å². The van der Waals surface area contributed by atoms with E-state index < -0.39 is 52.8 Å². The van der Waals surface area contributed by atoms with Crippen LogP contribution in [0.3, 0.4) is 0 Å². The van der Waals surface area contributed by atoms with Crippen LogP contribution in [0, 0.1) is 22.7 Å². The molecule has 0 aromatic rings. The maximum Gasteiger partial charge on any atom is 0.426 e. The van der Waals surface area contributed by atoms with E-state index in [-0.39, 0.29) is 25.2 Å². The molecule has 2 aliphatic carbocycles. The molecule has 2 fully saturated rings. The maximum absolute atomic E-state index is 13.6. The lowest BCUT2D eigenvalue weighted by atomic mass is 9.54. The number of fused-ring (bicyclic) bond motifs is 1. The minimum absolute atomic E-state index is 0.00846. The van der Waals surface area contributed by atoms with E-state index in [9.17, 15) is 41.7 Å². The normalized spacial score (nSPS) is 32.6. The highest BCUT2D eigenvalue weighted by Gasteiger charge is 2.72. The first-order chi connectivity index (χ1) is 13.8. The van der Waals surface area contributed by atoms with Gasteiger partial charge in [-0.1, -0.05) is 26.7 Å². The zero-order valence-corrected chi connectivity index (χ0v) is 18.7. The fourth-order valence-electron chi connectivity index (χ4n) is 6.55. The van der Waals surface area contributed by atoms with Gasteiger partial charge in [-0.2, -0.15) is 26.3 Å². The summed E-state index contributed by atoms with van der Waals surface area (Å²) in [6, 6.07) is 0. The van der Waals surface area contributed by atoms with Crippen LogP contribution < -0.4 is 0 Å². The predicted octanol–water partition coefficient (Wildman–Crippen LogP) is 5.76. The Kier molecular flexibility index (Phi) is 7.19. The second-order valence-electron chi connectivity index (χ2n) is 11.1. The van der Waals surface area contributed by atoms with Crippen LogP contribution in [0.15, 0.2) is 0 Å². The van der Waals surface area contributed by atoms with Crippen molar-refractivity contribution in [1.29, 1.82) is 0 Å². The van der Waals surface area contributed by atoms with E-state index in [1.165, 1.54) is 20.8 Å². The Hall–Kier alpha value is -0.540. The Morgan fingerprint density at radius 2 is 1.42 bits per heavy atom. The quantitative estimate of drug-likeness (QED) is 0.422. The monoisotopic (exact) mass is 462 g/mol. The molecule has 1 unspecified atom stereocenters. The van der Waals surface area contributed by atoms with E-state index in [1.807, 2.05) is 6.92 Å². The molecule has 3 N–H and O–H groups in total. The number of hydrogen-bond acceptors (Lipinski definition) is 3. The lowest BCUT2D eigenvalue weighted by molar-refractivity contribution is -0.378. The van der Waals surface area contributed by atoms with Crippen LogP contribution in [-0.2, 0) is 0 Å². The minimum Gasteiger partial charge on any atom is -0.393 e. The Labute approximate surface area is 180 Å². The molecule has 0 aromatic carbocycles. The van der Waals surface area contributed by atoms with Crippen molar-refractivity contribution in [2.75, 3.05) is 0 Å². The maximum atomic E-state index is 13.6. The van der Waals surface area contributed by atoms with Crippen LogP contribution >= 0.6 is 0 Å². The third-order valence-corrected chi connectivity index (χ3v) is 8.06. The molecule has 0 heterocycles. The highest BCUT2D eigenvalue weighted by Crippen LogP contribution is 2.64. The van der Waals surface area contributed by atoms with Crippen molar-refractivity contribution in [2.24, 2.45) is 22.7 Å². The molecule has 2 saturated carbocycles. The van der Waals surface area contributed by atoms with Crippen LogP contribution in [0.2, 0.25) is 0 Å². The summed E-state index contributed by atoms with van der Waals surface area (Å²) in [4.78, 5) is 0. The molecule has 0 spiro atoms. The van der Waals surface area contributed by atoms with Crippen LogP contribution in [0.25, 0.3) is 0 Å². The minimum atomic E-state index is -5.87. The van der Waals surface area contributed by atoms with Gasteiger partial charge in [0, 0.05) is 0 Å². The third-order valence-electron chi connectivity index (χ3n) is 8.06. The number of halogens is 6. The number of rotatable bonds is 7. The van der Waals surface area contributed by atoms with Gasteiger partial charge in [0.05, 0.1) is 11.7 Å². The van der Waals surface area contributed by atoms with Crippen LogP contribution in [-0.4, -0.2) is 45.0 Å². The van der Waals surface area contributed by atoms with Gasteiger partial charge in [-0.05, 0) is 81.5 Å². The molecule has 0 aromatic heterocycles. The summed E-state index contributed by atoms with van der Waals surface area (Å²) in [6.45, 7) is 6.36. The van der Waals surface area contributed by atoms with E-state index in [1.54, 1.807) is 0 Å². The molecule has 0 amide bonds. The van der Waals surface area contributed by atoms with Crippen LogP contribution in [0.1, 0.15) is 85.5 Å². The largest absolute Gasteiger partial charge is 0.426 e. The summed E-state index contributed by atoms with van der Waals surface area (Å²) < 4.78 is 81.4. The Bertz CT molecular complexity index is 612. The van der Waals surface area contributed by atoms with Gasteiger partial charge in [0.15, 0.2) is 0 Å². The molecular weight excluding hydrogens is 426 g/mol. The van der Waals surface area contributed by atoms with Crippen molar-refractivity contribution in [2.45, 2.75) is 115 Å². The van der Waals surface area contributed by atoms with Crippen molar-refractivity contribution < 1.29 is 41.7 Å². The van der Waals surface area contributed by atoms with Crippen molar-refractivity contribution in [3.8, 4) is 0 Å². The molecule has 2 rings (SSSR count). The second kappa shape index (κ2) is 8.35. The molecule has 184 valence electrons. The summed E-state index contributed by atoms with van der Waals surface area (Å²) in [6.07, 6.45) is -10.6. The average Bonchev–Trinajstić information content (AvgIpc) is 2.90. The highest BCUT2D eigenvalue weighted by atomic mass is 19.4. The fraction of sp³-hybridized carbons (Fsp3) is 1.00. The first-order valence-electron chi connectivity index (χ1n) is 11.0. The Balaban J connectivity index is 2.46.